The zero-order chi connectivity index (χ0) is 17.1. The van der Waals surface area contributed by atoms with E-state index >= 15 is 0 Å². The number of aryl methyl sites for hydroxylation is 1. The lowest BCUT2D eigenvalue weighted by Crippen LogP contribution is -2.13. The van der Waals surface area contributed by atoms with Gasteiger partial charge in [-0.1, -0.05) is 41.6 Å². The van der Waals surface area contributed by atoms with E-state index in [1.165, 1.54) is 23.9 Å². The molecule has 3 nitrogen and oxygen atoms in total. The lowest BCUT2D eigenvalue weighted by Gasteiger charge is -2.07. The van der Waals surface area contributed by atoms with Gasteiger partial charge >= 0.3 is 0 Å². The van der Waals surface area contributed by atoms with E-state index in [2.05, 4.69) is 4.98 Å². The van der Waals surface area contributed by atoms with Gasteiger partial charge in [-0.2, -0.15) is 0 Å². The summed E-state index contributed by atoms with van der Waals surface area (Å²) in [6.45, 7) is 3.81. The zero-order valence-electron chi connectivity index (χ0n) is 13.3. The number of carbonyl (C=O) groups excluding carboxylic acids is 1. The van der Waals surface area contributed by atoms with Gasteiger partial charge in [-0.05, 0) is 38.1 Å². The number of oxazole rings is 1. The average molecular weight is 341 g/mol. The van der Waals surface area contributed by atoms with E-state index in [0.717, 1.165) is 11.1 Å². The molecule has 3 aromatic rings. The van der Waals surface area contributed by atoms with Crippen LogP contribution in [0.2, 0.25) is 0 Å². The van der Waals surface area contributed by atoms with Gasteiger partial charge in [-0.15, -0.1) is 0 Å². The number of rotatable bonds is 5. The summed E-state index contributed by atoms with van der Waals surface area (Å²) in [6, 6.07) is 13.5. The summed E-state index contributed by atoms with van der Waals surface area (Å²) in [4.78, 5) is 16.6. The van der Waals surface area contributed by atoms with Crippen LogP contribution in [0.25, 0.3) is 11.3 Å². The third-order valence-electron chi connectivity index (χ3n) is 3.60. The molecule has 0 aliphatic carbocycles. The van der Waals surface area contributed by atoms with Gasteiger partial charge in [0.2, 0.25) is 0 Å². The van der Waals surface area contributed by atoms with Gasteiger partial charge in [0, 0.05) is 11.1 Å². The first-order valence-electron chi connectivity index (χ1n) is 7.52. The first kappa shape index (κ1) is 16.5. The number of aromatic nitrogens is 1. The Labute approximate surface area is 143 Å². The van der Waals surface area contributed by atoms with Crippen molar-refractivity contribution in [2.24, 2.45) is 0 Å². The van der Waals surface area contributed by atoms with Gasteiger partial charge in [0.25, 0.3) is 5.22 Å². The van der Waals surface area contributed by atoms with E-state index in [1.807, 2.05) is 38.1 Å². The summed E-state index contributed by atoms with van der Waals surface area (Å²) in [6.07, 6.45) is 1.58. The second kappa shape index (κ2) is 7.01. The van der Waals surface area contributed by atoms with Crippen molar-refractivity contribution in [2.75, 3.05) is 0 Å². The SMILES string of the molecule is Cc1ccc(C(=O)[C@@H](C)Sc2ncc(-c3ccc(F)cc3)o2)cc1. The van der Waals surface area contributed by atoms with Crippen molar-refractivity contribution in [1.82, 2.24) is 4.98 Å². The van der Waals surface area contributed by atoms with Gasteiger partial charge in [-0.3, -0.25) is 4.79 Å². The van der Waals surface area contributed by atoms with E-state index in [1.54, 1.807) is 18.3 Å². The molecule has 3 rings (SSSR count). The highest BCUT2D eigenvalue weighted by atomic mass is 32.2. The number of nitrogens with zero attached hydrogens (tertiary/aromatic N) is 1. The molecule has 1 aromatic heterocycles. The van der Waals surface area contributed by atoms with Crippen molar-refractivity contribution >= 4 is 17.5 Å². The summed E-state index contributed by atoms with van der Waals surface area (Å²) in [5.74, 6) is 0.277. The Morgan fingerprint density at radius 1 is 1.12 bits per heavy atom. The minimum atomic E-state index is -0.313. The molecule has 0 N–H and O–H groups in total. The maximum Gasteiger partial charge on any atom is 0.256 e. The van der Waals surface area contributed by atoms with Crippen LogP contribution in [0, 0.1) is 12.7 Å². The molecule has 0 radical (unpaired) electrons. The third-order valence-corrected chi connectivity index (χ3v) is 4.55. The van der Waals surface area contributed by atoms with E-state index in [0.29, 0.717) is 16.5 Å². The Bertz CT molecular complexity index is 841. The van der Waals surface area contributed by atoms with Crippen molar-refractivity contribution in [2.45, 2.75) is 24.3 Å². The summed E-state index contributed by atoms with van der Waals surface area (Å²) in [7, 11) is 0. The monoisotopic (exact) mass is 341 g/mol. The van der Waals surface area contributed by atoms with E-state index in [4.69, 9.17) is 4.42 Å². The van der Waals surface area contributed by atoms with Crippen LogP contribution in [-0.2, 0) is 0 Å². The molecule has 0 spiro atoms. The average Bonchev–Trinajstić information content (AvgIpc) is 3.04. The predicted octanol–water partition coefficient (Wildman–Crippen LogP) is 5.15. The number of thioether (sulfide) groups is 1. The number of Topliss-reactive ketones (excluding diaryl/α,β-unsaturated/α-hetero) is 1. The Morgan fingerprint density at radius 2 is 1.79 bits per heavy atom. The fourth-order valence-corrected chi connectivity index (χ4v) is 3.01. The molecular weight excluding hydrogens is 325 g/mol. The number of hydrogen-bond acceptors (Lipinski definition) is 4. The van der Waals surface area contributed by atoms with Crippen LogP contribution in [0.4, 0.5) is 4.39 Å². The van der Waals surface area contributed by atoms with Crippen LogP contribution in [0.3, 0.4) is 0 Å². The number of benzene rings is 2. The lowest BCUT2D eigenvalue weighted by atomic mass is 10.1. The number of halogens is 1. The van der Waals surface area contributed by atoms with Crippen molar-refractivity contribution in [3.05, 3.63) is 71.7 Å². The lowest BCUT2D eigenvalue weighted by molar-refractivity contribution is 0.0993. The van der Waals surface area contributed by atoms with E-state index in [9.17, 15) is 9.18 Å². The topological polar surface area (TPSA) is 43.1 Å². The maximum absolute atomic E-state index is 13.0. The van der Waals surface area contributed by atoms with Crippen molar-refractivity contribution in [3.8, 4) is 11.3 Å². The van der Waals surface area contributed by atoms with Crippen molar-refractivity contribution in [1.29, 1.82) is 0 Å². The summed E-state index contributed by atoms with van der Waals surface area (Å²) >= 11 is 1.27. The summed E-state index contributed by atoms with van der Waals surface area (Å²) in [5, 5.41) is 0.106. The molecule has 0 aliphatic rings. The molecular formula is C19H16FNO2S. The first-order valence-corrected chi connectivity index (χ1v) is 8.40. The predicted molar refractivity (Wildman–Crippen MR) is 92.7 cm³/mol. The molecule has 0 amide bonds. The van der Waals surface area contributed by atoms with E-state index < -0.39 is 0 Å². The maximum atomic E-state index is 13.0. The molecule has 0 unspecified atom stereocenters. The quantitative estimate of drug-likeness (QED) is 0.475. The highest BCUT2D eigenvalue weighted by Gasteiger charge is 2.19. The van der Waals surface area contributed by atoms with Crippen molar-refractivity contribution < 1.29 is 13.6 Å². The molecule has 24 heavy (non-hydrogen) atoms. The Hall–Kier alpha value is -2.40. The second-order valence-electron chi connectivity index (χ2n) is 5.49. The van der Waals surface area contributed by atoms with E-state index in [-0.39, 0.29) is 16.9 Å². The molecule has 122 valence electrons. The zero-order valence-corrected chi connectivity index (χ0v) is 14.1. The van der Waals surface area contributed by atoms with Gasteiger partial charge in [0.05, 0.1) is 11.4 Å². The molecule has 1 heterocycles. The Kier molecular flexibility index (Phi) is 4.81. The molecule has 0 saturated heterocycles. The normalized spacial score (nSPS) is 12.1. The Balaban J connectivity index is 1.70. The van der Waals surface area contributed by atoms with Crippen LogP contribution in [0.15, 0.2) is 64.4 Å². The minimum Gasteiger partial charge on any atom is -0.431 e. The molecule has 0 aliphatic heterocycles. The summed E-state index contributed by atoms with van der Waals surface area (Å²) in [5.41, 5.74) is 2.53. The van der Waals surface area contributed by atoms with Crippen molar-refractivity contribution in [3.63, 3.8) is 0 Å². The first-order chi connectivity index (χ1) is 11.5. The van der Waals surface area contributed by atoms with Gasteiger partial charge in [0.1, 0.15) is 5.82 Å². The fourth-order valence-electron chi connectivity index (χ4n) is 2.22. The molecule has 1 atom stereocenters. The number of carbonyl (C=O) groups is 1. The molecule has 0 saturated carbocycles. The van der Waals surface area contributed by atoms with Gasteiger partial charge < -0.3 is 4.42 Å². The minimum absolute atomic E-state index is 0.0292. The van der Waals surface area contributed by atoms with Crippen LogP contribution in [0.1, 0.15) is 22.8 Å². The molecule has 0 bridgehead atoms. The molecule has 5 heteroatoms. The van der Waals surface area contributed by atoms with Crippen LogP contribution in [0.5, 0.6) is 0 Å². The van der Waals surface area contributed by atoms with Crippen LogP contribution in [-0.4, -0.2) is 16.0 Å². The van der Waals surface area contributed by atoms with Gasteiger partial charge in [-0.25, -0.2) is 9.37 Å². The molecule has 2 aromatic carbocycles. The summed E-state index contributed by atoms with van der Waals surface area (Å²) < 4.78 is 18.6. The Morgan fingerprint density at radius 3 is 2.46 bits per heavy atom. The smallest absolute Gasteiger partial charge is 0.256 e. The van der Waals surface area contributed by atoms with Crippen LogP contribution >= 0.6 is 11.8 Å². The van der Waals surface area contributed by atoms with Gasteiger partial charge in [0.15, 0.2) is 11.5 Å². The number of hydrogen-bond donors (Lipinski definition) is 0. The highest BCUT2D eigenvalue weighted by Crippen LogP contribution is 2.29. The second-order valence-corrected chi connectivity index (χ2v) is 6.78. The standard InChI is InChI=1S/C19H16FNO2S/c1-12-3-5-15(6-4-12)18(22)13(2)24-19-21-11-17(23-19)14-7-9-16(20)10-8-14/h3-11,13H,1-2H3/t13-/m1/s1. The third kappa shape index (κ3) is 3.74. The van der Waals surface area contributed by atoms with Crippen LogP contribution < -0.4 is 0 Å². The number of ketones is 1. The largest absolute Gasteiger partial charge is 0.431 e. The fraction of sp³-hybridized carbons (Fsp3) is 0.158. The highest BCUT2D eigenvalue weighted by molar-refractivity contribution is 8.00. The molecule has 0 fully saturated rings.